The number of nitrogens with zero attached hydrogens (tertiary/aromatic N) is 5. The predicted octanol–water partition coefficient (Wildman–Crippen LogP) is 5.41. The Kier molecular flexibility index (Phi) is 8.52. The van der Waals surface area contributed by atoms with Crippen molar-refractivity contribution in [2.45, 2.75) is 50.9 Å². The molecule has 2 fully saturated rings. The highest BCUT2D eigenvalue weighted by Crippen LogP contribution is 2.47. The van der Waals surface area contributed by atoms with Gasteiger partial charge in [0.1, 0.15) is 12.3 Å². The molecule has 13 heteroatoms. The first-order chi connectivity index (χ1) is 20.5. The van der Waals surface area contributed by atoms with Crippen molar-refractivity contribution in [2.24, 2.45) is 0 Å². The van der Waals surface area contributed by atoms with Gasteiger partial charge in [0, 0.05) is 61.9 Å². The van der Waals surface area contributed by atoms with Gasteiger partial charge in [-0.05, 0) is 49.6 Å². The number of alkyl halides is 5. The Balaban J connectivity index is 1.20. The van der Waals surface area contributed by atoms with Gasteiger partial charge in [0.15, 0.2) is 0 Å². The number of hydrogen-bond acceptors (Lipinski definition) is 7. The molecule has 3 heterocycles. The predicted molar refractivity (Wildman–Crippen MR) is 148 cm³/mol. The fourth-order valence-electron chi connectivity index (χ4n) is 5.05. The summed E-state index contributed by atoms with van der Waals surface area (Å²) in [7, 11) is 0. The van der Waals surface area contributed by atoms with Gasteiger partial charge in [-0.1, -0.05) is 18.7 Å². The number of aromatic nitrogens is 3. The van der Waals surface area contributed by atoms with Gasteiger partial charge in [-0.15, -0.1) is 5.10 Å². The van der Waals surface area contributed by atoms with Crippen molar-refractivity contribution < 1.29 is 31.5 Å². The molecule has 2 aromatic heterocycles. The fraction of sp³-hybridized carbons (Fsp3) is 0.400. The average molecular weight is 603 g/mol. The maximum atomic E-state index is 14.0. The van der Waals surface area contributed by atoms with E-state index in [0.29, 0.717) is 56.0 Å². The first-order valence-corrected chi connectivity index (χ1v) is 13.8. The summed E-state index contributed by atoms with van der Waals surface area (Å²) >= 11 is 0. The van der Waals surface area contributed by atoms with Crippen molar-refractivity contribution in [1.29, 1.82) is 0 Å². The van der Waals surface area contributed by atoms with E-state index in [9.17, 15) is 26.7 Å². The van der Waals surface area contributed by atoms with Gasteiger partial charge >= 0.3 is 6.18 Å². The highest BCUT2D eigenvalue weighted by molar-refractivity contribution is 5.90. The molecule has 3 aromatic rings. The summed E-state index contributed by atoms with van der Waals surface area (Å²) < 4.78 is 73.0. The normalized spacial score (nSPS) is 16.3. The molecule has 1 aromatic carbocycles. The summed E-state index contributed by atoms with van der Waals surface area (Å²) in [5.41, 5.74) is 0.264. The van der Waals surface area contributed by atoms with Crippen molar-refractivity contribution in [2.75, 3.05) is 31.1 Å². The van der Waals surface area contributed by atoms with Crippen LogP contribution >= 0.6 is 0 Å². The Bertz CT molecular complexity index is 1450. The number of hydrogen-bond donors (Lipinski definition) is 1. The summed E-state index contributed by atoms with van der Waals surface area (Å²) in [6.07, 6.45) is -5.00. The van der Waals surface area contributed by atoms with Crippen LogP contribution in [0.2, 0.25) is 0 Å². The van der Waals surface area contributed by atoms with Crippen LogP contribution in [-0.4, -0.2) is 52.2 Å². The van der Waals surface area contributed by atoms with Crippen LogP contribution in [0, 0.1) is 0 Å². The number of allylic oxidation sites excluding steroid dienone is 1. The number of rotatable bonds is 10. The van der Waals surface area contributed by atoms with Crippen LogP contribution in [0.4, 0.5) is 27.6 Å². The highest BCUT2D eigenvalue weighted by atomic mass is 19.4. The molecule has 1 aliphatic heterocycles. The molecule has 0 bridgehead atoms. The molecule has 2 aliphatic rings. The molecule has 1 saturated carbocycles. The molecule has 1 aliphatic carbocycles. The lowest BCUT2D eigenvalue weighted by molar-refractivity contribution is -0.138. The standard InChI is InChI=1S/C30H31F5N6O2/c1-19(2)40-11-13-41(14-12-40)22-5-4-21(23(15-22)30(33,34)35)17-37-28(42)29(9-10-29)25-7-8-26(39-38-25)43-18-20-3-6-24(27(31)32)36-16-20/h3-8,15-16,27H,1,9-14,17-18H2,2H3,(H,37,42). The molecule has 1 amide bonds. The fourth-order valence-corrected chi connectivity index (χ4v) is 5.05. The van der Waals surface area contributed by atoms with Crippen LogP contribution in [0.5, 0.6) is 5.88 Å². The SMILES string of the molecule is C=C(C)N1CCN(c2ccc(CNC(=O)C3(c4ccc(OCc5ccc(C(F)F)nc5)nn4)CC3)c(C(F)(F)F)c2)CC1. The molecule has 1 saturated heterocycles. The summed E-state index contributed by atoms with van der Waals surface area (Å²) in [6, 6.07) is 10.1. The van der Waals surface area contributed by atoms with Gasteiger partial charge in [-0.2, -0.15) is 18.3 Å². The van der Waals surface area contributed by atoms with E-state index in [2.05, 4.69) is 32.0 Å². The van der Waals surface area contributed by atoms with E-state index in [4.69, 9.17) is 4.74 Å². The van der Waals surface area contributed by atoms with Crippen LogP contribution in [0.3, 0.4) is 0 Å². The van der Waals surface area contributed by atoms with E-state index in [0.717, 1.165) is 11.8 Å². The molecule has 228 valence electrons. The number of carbonyl (C=O) groups is 1. The topological polar surface area (TPSA) is 83.5 Å². The van der Waals surface area contributed by atoms with E-state index >= 15 is 0 Å². The number of carbonyl (C=O) groups excluding carboxylic acids is 1. The van der Waals surface area contributed by atoms with Crippen molar-refractivity contribution in [1.82, 2.24) is 25.4 Å². The maximum absolute atomic E-state index is 14.0. The number of nitrogens with one attached hydrogen (secondary N) is 1. The molecule has 0 radical (unpaired) electrons. The molecule has 0 atom stereocenters. The second-order valence-electron chi connectivity index (χ2n) is 10.8. The third kappa shape index (κ3) is 6.86. The van der Waals surface area contributed by atoms with Gasteiger partial charge in [0.2, 0.25) is 11.8 Å². The minimum atomic E-state index is -4.59. The summed E-state index contributed by atoms with van der Waals surface area (Å²) in [4.78, 5) is 20.9. The van der Waals surface area contributed by atoms with E-state index in [1.165, 1.54) is 30.5 Å². The van der Waals surface area contributed by atoms with Gasteiger partial charge < -0.3 is 19.9 Å². The van der Waals surface area contributed by atoms with Crippen LogP contribution in [0.25, 0.3) is 0 Å². The molecule has 0 spiro atoms. The van der Waals surface area contributed by atoms with Crippen LogP contribution in [-0.2, 0) is 29.5 Å². The minimum absolute atomic E-state index is 0.0214. The average Bonchev–Trinajstić information content (AvgIpc) is 3.81. The van der Waals surface area contributed by atoms with Crippen molar-refractivity contribution in [3.05, 3.63) is 89.0 Å². The van der Waals surface area contributed by atoms with Gasteiger partial charge in [-0.25, -0.2) is 8.78 Å². The Morgan fingerprint density at radius 2 is 1.81 bits per heavy atom. The van der Waals surface area contributed by atoms with Gasteiger partial charge in [-0.3, -0.25) is 9.78 Å². The van der Waals surface area contributed by atoms with Crippen molar-refractivity contribution in [3.63, 3.8) is 0 Å². The Hall–Kier alpha value is -4.29. The van der Waals surface area contributed by atoms with Gasteiger partial charge in [0.25, 0.3) is 6.43 Å². The van der Waals surface area contributed by atoms with E-state index in [-0.39, 0.29) is 30.3 Å². The molecule has 0 unspecified atom stereocenters. The first kappa shape index (κ1) is 30.2. The lowest BCUT2D eigenvalue weighted by Gasteiger charge is -2.37. The second-order valence-corrected chi connectivity index (χ2v) is 10.8. The van der Waals surface area contributed by atoms with E-state index < -0.39 is 29.5 Å². The van der Waals surface area contributed by atoms with Gasteiger partial charge in [0.05, 0.1) is 16.7 Å². The van der Waals surface area contributed by atoms with Crippen LogP contribution < -0.4 is 15.0 Å². The Labute approximate surface area is 245 Å². The number of halogens is 5. The third-order valence-electron chi connectivity index (χ3n) is 7.80. The van der Waals surface area contributed by atoms with Crippen LogP contribution in [0.1, 0.15) is 54.3 Å². The van der Waals surface area contributed by atoms with Crippen molar-refractivity contribution in [3.8, 4) is 5.88 Å². The minimum Gasteiger partial charge on any atom is -0.472 e. The lowest BCUT2D eigenvalue weighted by atomic mass is 10.00. The first-order valence-electron chi connectivity index (χ1n) is 13.8. The van der Waals surface area contributed by atoms with Crippen LogP contribution in [0.15, 0.2) is 60.9 Å². The van der Waals surface area contributed by atoms with E-state index in [1.807, 2.05) is 11.8 Å². The largest absolute Gasteiger partial charge is 0.472 e. The zero-order chi connectivity index (χ0) is 30.8. The number of benzene rings is 1. The Morgan fingerprint density at radius 1 is 1.07 bits per heavy atom. The molecule has 43 heavy (non-hydrogen) atoms. The molecule has 1 N–H and O–H groups in total. The number of pyridine rings is 1. The summed E-state index contributed by atoms with van der Waals surface area (Å²) in [6.45, 7) is 8.11. The second kappa shape index (κ2) is 12.1. The zero-order valence-corrected chi connectivity index (χ0v) is 23.5. The van der Waals surface area contributed by atoms with E-state index in [1.54, 1.807) is 12.1 Å². The third-order valence-corrected chi connectivity index (χ3v) is 7.80. The number of piperazine rings is 1. The number of amides is 1. The number of anilines is 1. The maximum Gasteiger partial charge on any atom is 0.416 e. The Morgan fingerprint density at radius 3 is 2.37 bits per heavy atom. The molecule has 5 rings (SSSR count). The van der Waals surface area contributed by atoms with Crippen molar-refractivity contribution >= 4 is 11.6 Å². The summed E-state index contributed by atoms with van der Waals surface area (Å²) in [5, 5.41) is 10.8. The zero-order valence-electron chi connectivity index (χ0n) is 23.5. The molecular weight excluding hydrogens is 571 g/mol. The quantitative estimate of drug-likeness (QED) is 0.311. The summed E-state index contributed by atoms with van der Waals surface area (Å²) in [5.74, 6) is -0.261. The number of ether oxygens (including phenoxy) is 1. The monoisotopic (exact) mass is 602 g/mol. The highest BCUT2D eigenvalue weighted by Gasteiger charge is 2.53. The molecule has 8 nitrogen and oxygen atoms in total. The smallest absolute Gasteiger partial charge is 0.416 e. The lowest BCUT2D eigenvalue weighted by Crippen LogP contribution is -2.45. The molecular formula is C30H31F5N6O2.